The first-order chi connectivity index (χ1) is 15.8. The number of benzene rings is 3. The van der Waals surface area contributed by atoms with Crippen LogP contribution >= 0.6 is 62.5 Å². The van der Waals surface area contributed by atoms with Crippen LogP contribution in [0.2, 0.25) is 15.1 Å². The monoisotopic (exact) mass is 581 g/mol. The number of amides is 2. The van der Waals surface area contributed by atoms with Crippen molar-refractivity contribution in [1.82, 2.24) is 4.90 Å². The fourth-order valence-electron chi connectivity index (χ4n) is 3.07. The van der Waals surface area contributed by atoms with E-state index < -0.39 is 0 Å². The zero-order chi connectivity index (χ0) is 23.5. The van der Waals surface area contributed by atoms with Crippen molar-refractivity contribution >= 4 is 79.7 Å². The Bertz CT molecular complexity index is 1260. The summed E-state index contributed by atoms with van der Waals surface area (Å²) >= 11 is 22.3. The predicted octanol–water partition coefficient (Wildman–Crippen LogP) is 8.22. The van der Waals surface area contributed by atoms with E-state index in [9.17, 15) is 9.59 Å². The van der Waals surface area contributed by atoms with E-state index in [-0.39, 0.29) is 17.7 Å². The topological polar surface area (TPSA) is 46.6 Å². The molecule has 3 aromatic carbocycles. The van der Waals surface area contributed by atoms with Crippen LogP contribution in [0, 0.1) is 0 Å². The molecule has 9 heteroatoms. The average Bonchev–Trinajstić information content (AvgIpc) is 3.04. The number of thioether (sulfide) groups is 1. The molecular weight excluding hydrogens is 569 g/mol. The molecule has 1 saturated heterocycles. The van der Waals surface area contributed by atoms with Crippen molar-refractivity contribution in [2.24, 2.45) is 0 Å². The van der Waals surface area contributed by atoms with Crippen LogP contribution in [0.4, 0.5) is 4.79 Å². The van der Waals surface area contributed by atoms with Gasteiger partial charge >= 0.3 is 0 Å². The number of hydrogen-bond acceptors (Lipinski definition) is 4. The second-order valence-electron chi connectivity index (χ2n) is 7.12. The number of carbonyl (C=O) groups is 2. The van der Waals surface area contributed by atoms with E-state index in [0.29, 0.717) is 32.3 Å². The highest BCUT2D eigenvalue weighted by molar-refractivity contribution is 9.10. The molecule has 1 aliphatic rings. The van der Waals surface area contributed by atoms with Gasteiger partial charge in [-0.05, 0) is 86.9 Å². The van der Waals surface area contributed by atoms with Gasteiger partial charge in [-0.1, -0.05) is 59.1 Å². The Hall–Kier alpha value is -1.96. The van der Waals surface area contributed by atoms with Crippen molar-refractivity contribution in [3.63, 3.8) is 0 Å². The standard InChI is InChI=1S/C24H15BrCl3NO3S/c25-18-9-15(4-8-21(18)32-13-14-1-5-17(26)6-2-14)11-22-23(30)29(24(31)33-22)12-16-3-7-19(27)20(28)10-16/h1-11H,12-13H2/b22-11-. The van der Waals surface area contributed by atoms with Gasteiger partial charge in [0.1, 0.15) is 12.4 Å². The number of nitrogens with zero attached hydrogens (tertiary/aromatic N) is 1. The Kier molecular flexibility index (Phi) is 7.72. The molecule has 0 spiro atoms. The van der Waals surface area contributed by atoms with Gasteiger partial charge in [0, 0.05) is 5.02 Å². The number of imide groups is 1. The van der Waals surface area contributed by atoms with Gasteiger partial charge in [-0.15, -0.1) is 0 Å². The van der Waals surface area contributed by atoms with Crippen molar-refractivity contribution in [3.05, 3.63) is 102 Å². The number of halogens is 4. The van der Waals surface area contributed by atoms with Crippen LogP contribution in [0.5, 0.6) is 5.75 Å². The van der Waals surface area contributed by atoms with Crippen LogP contribution in [-0.4, -0.2) is 16.0 Å². The molecular formula is C24H15BrCl3NO3S. The van der Waals surface area contributed by atoms with Crippen LogP contribution in [0.15, 0.2) is 70.0 Å². The molecule has 1 fully saturated rings. The van der Waals surface area contributed by atoms with E-state index in [1.807, 2.05) is 42.5 Å². The van der Waals surface area contributed by atoms with Gasteiger partial charge < -0.3 is 4.74 Å². The van der Waals surface area contributed by atoms with Gasteiger partial charge in [0.05, 0.1) is 26.0 Å². The van der Waals surface area contributed by atoms with Gasteiger partial charge in [-0.3, -0.25) is 14.5 Å². The quantitative estimate of drug-likeness (QED) is 0.274. The molecule has 0 saturated carbocycles. The number of rotatable bonds is 6. The van der Waals surface area contributed by atoms with Gasteiger partial charge in [0.2, 0.25) is 0 Å². The van der Waals surface area contributed by atoms with Crippen molar-refractivity contribution in [2.75, 3.05) is 0 Å². The highest BCUT2D eigenvalue weighted by Gasteiger charge is 2.35. The third-order valence-corrected chi connectivity index (χ3v) is 7.28. The van der Waals surface area contributed by atoms with E-state index in [2.05, 4.69) is 15.9 Å². The van der Waals surface area contributed by atoms with E-state index in [0.717, 1.165) is 32.9 Å². The summed E-state index contributed by atoms with van der Waals surface area (Å²) in [4.78, 5) is 26.8. The first kappa shape index (κ1) is 24.2. The van der Waals surface area contributed by atoms with Crippen LogP contribution in [0.3, 0.4) is 0 Å². The molecule has 0 aliphatic carbocycles. The number of hydrogen-bond donors (Lipinski definition) is 0. The first-order valence-corrected chi connectivity index (χ1v) is 12.4. The lowest BCUT2D eigenvalue weighted by Crippen LogP contribution is -2.27. The second kappa shape index (κ2) is 10.5. The Labute approximate surface area is 218 Å². The fraction of sp³-hybridized carbons (Fsp3) is 0.0833. The Morgan fingerprint density at radius 2 is 1.64 bits per heavy atom. The summed E-state index contributed by atoms with van der Waals surface area (Å²) < 4.78 is 6.60. The van der Waals surface area contributed by atoms with Crippen molar-refractivity contribution < 1.29 is 14.3 Å². The van der Waals surface area contributed by atoms with Crippen LogP contribution in [0.25, 0.3) is 6.08 Å². The van der Waals surface area contributed by atoms with Crippen LogP contribution in [0.1, 0.15) is 16.7 Å². The van der Waals surface area contributed by atoms with E-state index in [1.54, 1.807) is 24.3 Å². The Balaban J connectivity index is 1.45. The Morgan fingerprint density at radius 1 is 0.909 bits per heavy atom. The average molecular weight is 584 g/mol. The molecule has 168 valence electrons. The lowest BCUT2D eigenvalue weighted by atomic mass is 10.2. The number of carbonyl (C=O) groups excluding carboxylic acids is 2. The summed E-state index contributed by atoms with van der Waals surface area (Å²) in [5.74, 6) is 0.310. The van der Waals surface area contributed by atoms with E-state index >= 15 is 0 Å². The lowest BCUT2D eigenvalue weighted by molar-refractivity contribution is -0.123. The molecule has 0 bridgehead atoms. The summed E-state index contributed by atoms with van der Waals surface area (Å²) in [6.07, 6.45) is 1.69. The molecule has 0 N–H and O–H groups in total. The molecule has 1 heterocycles. The largest absolute Gasteiger partial charge is 0.488 e. The van der Waals surface area contributed by atoms with Gasteiger partial charge in [0.15, 0.2) is 0 Å². The molecule has 0 radical (unpaired) electrons. The van der Waals surface area contributed by atoms with Crippen LogP contribution in [-0.2, 0) is 17.9 Å². The second-order valence-corrected chi connectivity index (χ2v) is 10.2. The fourth-order valence-corrected chi connectivity index (χ4v) is 4.87. The maximum absolute atomic E-state index is 12.8. The molecule has 4 nitrogen and oxygen atoms in total. The van der Waals surface area contributed by atoms with Gasteiger partial charge in [0.25, 0.3) is 11.1 Å². The molecule has 4 rings (SSSR count). The lowest BCUT2D eigenvalue weighted by Gasteiger charge is -2.13. The minimum Gasteiger partial charge on any atom is -0.488 e. The molecule has 0 aromatic heterocycles. The molecule has 2 amide bonds. The van der Waals surface area contributed by atoms with Crippen molar-refractivity contribution in [2.45, 2.75) is 13.2 Å². The molecule has 33 heavy (non-hydrogen) atoms. The predicted molar refractivity (Wildman–Crippen MR) is 138 cm³/mol. The highest BCUT2D eigenvalue weighted by atomic mass is 79.9. The number of ether oxygens (including phenoxy) is 1. The summed E-state index contributed by atoms with van der Waals surface area (Å²) in [6.45, 7) is 0.517. The third kappa shape index (κ3) is 5.94. The van der Waals surface area contributed by atoms with Gasteiger partial charge in [-0.25, -0.2) is 0 Å². The maximum Gasteiger partial charge on any atom is 0.293 e. The van der Waals surface area contributed by atoms with Gasteiger partial charge in [-0.2, -0.15) is 0 Å². The summed E-state index contributed by atoms with van der Waals surface area (Å²) in [7, 11) is 0. The SMILES string of the molecule is O=C1S/C(=C\c2ccc(OCc3ccc(Cl)cc3)c(Br)c2)C(=O)N1Cc1ccc(Cl)c(Cl)c1. The van der Waals surface area contributed by atoms with Crippen LogP contribution < -0.4 is 4.74 Å². The maximum atomic E-state index is 12.8. The molecule has 1 aliphatic heterocycles. The smallest absolute Gasteiger partial charge is 0.293 e. The summed E-state index contributed by atoms with van der Waals surface area (Å²) in [5.41, 5.74) is 2.48. The first-order valence-electron chi connectivity index (χ1n) is 9.66. The summed E-state index contributed by atoms with van der Waals surface area (Å²) in [6, 6.07) is 17.9. The molecule has 3 aromatic rings. The zero-order valence-electron chi connectivity index (χ0n) is 16.9. The minimum absolute atomic E-state index is 0.125. The highest BCUT2D eigenvalue weighted by Crippen LogP contribution is 2.35. The molecule has 0 atom stereocenters. The van der Waals surface area contributed by atoms with Crippen molar-refractivity contribution in [1.29, 1.82) is 0 Å². The third-order valence-electron chi connectivity index (χ3n) is 4.76. The summed E-state index contributed by atoms with van der Waals surface area (Å²) in [5, 5.41) is 1.13. The normalized spacial score (nSPS) is 14.9. The Morgan fingerprint density at radius 3 is 2.33 bits per heavy atom. The van der Waals surface area contributed by atoms with E-state index in [1.165, 1.54) is 4.90 Å². The zero-order valence-corrected chi connectivity index (χ0v) is 21.5. The molecule has 0 unspecified atom stereocenters. The van der Waals surface area contributed by atoms with Crippen molar-refractivity contribution in [3.8, 4) is 5.75 Å². The van der Waals surface area contributed by atoms with E-state index in [4.69, 9.17) is 39.5 Å². The minimum atomic E-state index is -0.352.